The van der Waals surface area contributed by atoms with E-state index in [9.17, 15) is 0 Å². The van der Waals surface area contributed by atoms with Crippen LogP contribution in [0, 0.1) is 0 Å². The van der Waals surface area contributed by atoms with Crippen molar-refractivity contribution in [3.05, 3.63) is 48.8 Å². The molecule has 1 aromatic carbocycles. The minimum absolute atomic E-state index is 0.273. The molecule has 140 valence electrons. The molecule has 6 rings (SSSR count). The Hall–Kier alpha value is -2.97. The molecule has 0 aliphatic carbocycles. The number of rotatable bonds is 2. The van der Waals surface area contributed by atoms with Crippen LogP contribution in [0.2, 0.25) is 0 Å². The van der Waals surface area contributed by atoms with E-state index < -0.39 is 0 Å². The summed E-state index contributed by atoms with van der Waals surface area (Å²) in [7, 11) is 0. The highest BCUT2D eigenvalue weighted by atomic mass is 32.1. The zero-order valence-electron chi connectivity index (χ0n) is 15.4. The fraction of sp³-hybridized carbons (Fsp3) is 0.250. The smallest absolute Gasteiger partial charge is 0.375 e. The first-order valence-corrected chi connectivity index (χ1v) is 10.2. The summed E-state index contributed by atoms with van der Waals surface area (Å²) in [5.74, 6) is 1.88. The van der Waals surface area contributed by atoms with Crippen LogP contribution < -0.4 is 8.69 Å². The second kappa shape index (κ2) is 6.02. The molecule has 0 radical (unpaired) electrons. The fourth-order valence-corrected chi connectivity index (χ4v) is 5.15. The van der Waals surface area contributed by atoms with Crippen LogP contribution in [0.4, 0.5) is 5.95 Å². The molecule has 0 bridgehead atoms. The zero-order chi connectivity index (χ0) is 18.7. The third kappa shape index (κ3) is 2.22. The van der Waals surface area contributed by atoms with E-state index in [-0.39, 0.29) is 6.04 Å². The molecule has 4 aromatic heterocycles. The summed E-state index contributed by atoms with van der Waals surface area (Å²) in [6.07, 6.45) is 3.82. The lowest BCUT2D eigenvalue weighted by Gasteiger charge is -2.28. The predicted molar refractivity (Wildman–Crippen MR) is 109 cm³/mol. The summed E-state index contributed by atoms with van der Waals surface area (Å²) < 4.78 is 11.3. The Kier molecular flexibility index (Phi) is 3.44. The molecule has 0 amide bonds. The van der Waals surface area contributed by atoms with Gasteiger partial charge in [0.25, 0.3) is 0 Å². The van der Waals surface area contributed by atoms with E-state index in [2.05, 4.69) is 66.9 Å². The molecule has 8 heteroatoms. The van der Waals surface area contributed by atoms with Gasteiger partial charge in [0.1, 0.15) is 11.3 Å². The van der Waals surface area contributed by atoms with Gasteiger partial charge in [0, 0.05) is 29.2 Å². The van der Waals surface area contributed by atoms with Gasteiger partial charge in [0.05, 0.1) is 42.1 Å². The van der Waals surface area contributed by atoms with Crippen LogP contribution in [0.1, 0.15) is 6.92 Å². The molecule has 5 heterocycles. The average Bonchev–Trinajstić information content (AvgIpc) is 3.45. The van der Waals surface area contributed by atoms with Gasteiger partial charge in [-0.15, -0.1) is 3.79 Å². The Morgan fingerprint density at radius 3 is 3.00 bits per heavy atom. The summed E-state index contributed by atoms with van der Waals surface area (Å²) >= 11 is 1.75. The van der Waals surface area contributed by atoms with Crippen molar-refractivity contribution in [1.29, 1.82) is 0 Å². The van der Waals surface area contributed by atoms with E-state index in [0.29, 0.717) is 6.61 Å². The second-order valence-corrected chi connectivity index (χ2v) is 8.11. The van der Waals surface area contributed by atoms with E-state index in [1.807, 2.05) is 6.07 Å². The van der Waals surface area contributed by atoms with E-state index >= 15 is 0 Å². The highest BCUT2D eigenvalue weighted by molar-refractivity contribution is 7.10. The molecule has 1 atom stereocenters. The van der Waals surface area contributed by atoms with Gasteiger partial charge in [0.2, 0.25) is 5.65 Å². The molecule has 1 fully saturated rings. The summed E-state index contributed by atoms with van der Waals surface area (Å²) in [4.78, 5) is 7.50. The number of H-pyrrole nitrogens is 1. The average molecular weight is 391 g/mol. The first kappa shape index (κ1) is 16.0. The molecular formula is C20H19N6OS+. The molecule has 0 spiro atoms. The number of nitrogens with one attached hydrogen (secondary N) is 1. The van der Waals surface area contributed by atoms with E-state index in [0.717, 1.165) is 36.0 Å². The molecule has 0 saturated carbocycles. The maximum atomic E-state index is 5.67. The number of ether oxygens (including phenoxy) is 1. The Morgan fingerprint density at radius 1 is 1.21 bits per heavy atom. The third-order valence-corrected chi connectivity index (χ3v) is 6.49. The summed E-state index contributed by atoms with van der Waals surface area (Å²) in [5, 5.41) is 9.55. The van der Waals surface area contributed by atoms with Gasteiger partial charge in [-0.25, -0.2) is 0 Å². The van der Waals surface area contributed by atoms with Crippen LogP contribution in [0.3, 0.4) is 0 Å². The molecule has 1 saturated heterocycles. The fourth-order valence-electron chi connectivity index (χ4n) is 4.04. The van der Waals surface area contributed by atoms with Crippen molar-refractivity contribution in [2.24, 2.45) is 0 Å². The van der Waals surface area contributed by atoms with Gasteiger partial charge in [-0.3, -0.25) is 14.6 Å². The number of nitrogens with zero attached hydrogens (tertiary/aromatic N) is 5. The van der Waals surface area contributed by atoms with Gasteiger partial charge >= 0.3 is 5.95 Å². The SMILES string of the molecule is CC1COCCN1c1nc2c(ccn2-c2ccn[nH]2)c2c3ccccc3s[n+]12. The summed E-state index contributed by atoms with van der Waals surface area (Å²) in [5.41, 5.74) is 2.14. The molecular weight excluding hydrogens is 372 g/mol. The van der Waals surface area contributed by atoms with Crippen LogP contribution in [-0.4, -0.2) is 45.5 Å². The summed E-state index contributed by atoms with van der Waals surface area (Å²) in [6.45, 7) is 4.46. The number of benzene rings is 1. The second-order valence-electron chi connectivity index (χ2n) is 7.12. The number of hydrogen-bond acceptors (Lipinski definition) is 5. The highest BCUT2D eigenvalue weighted by Gasteiger charge is 2.33. The van der Waals surface area contributed by atoms with Crippen molar-refractivity contribution in [2.75, 3.05) is 24.7 Å². The van der Waals surface area contributed by atoms with Crippen molar-refractivity contribution < 1.29 is 8.53 Å². The van der Waals surface area contributed by atoms with Crippen LogP contribution in [-0.2, 0) is 4.74 Å². The number of hydrogen-bond donors (Lipinski definition) is 1. The standard InChI is InChI=1S/C20H19N6OS/c1-13-12-27-11-10-24(13)20-22-19-15(7-9-25(19)17-6-8-21-23-17)18-14-4-2-3-5-16(14)28-26(18)20/h2-9,13H,10-12H2,1H3,(H,21,23)/q+1. The first-order valence-electron chi connectivity index (χ1n) is 9.40. The van der Waals surface area contributed by atoms with Crippen molar-refractivity contribution in [1.82, 2.24) is 19.7 Å². The van der Waals surface area contributed by atoms with Gasteiger partial charge < -0.3 is 4.74 Å². The minimum Gasteiger partial charge on any atom is -0.375 e. The Balaban J connectivity index is 1.74. The molecule has 1 N–H and O–H groups in total. The van der Waals surface area contributed by atoms with Crippen molar-refractivity contribution in [3.8, 4) is 5.82 Å². The number of fused-ring (bicyclic) bond motifs is 5. The van der Waals surface area contributed by atoms with Crippen LogP contribution >= 0.6 is 11.5 Å². The highest BCUT2D eigenvalue weighted by Crippen LogP contribution is 2.31. The number of aromatic amines is 1. The lowest BCUT2D eigenvalue weighted by molar-refractivity contribution is -0.420. The van der Waals surface area contributed by atoms with E-state index in [4.69, 9.17) is 9.72 Å². The van der Waals surface area contributed by atoms with E-state index in [1.165, 1.54) is 15.6 Å². The first-order chi connectivity index (χ1) is 13.8. The zero-order valence-corrected chi connectivity index (χ0v) is 16.2. The van der Waals surface area contributed by atoms with Gasteiger partial charge in [0.15, 0.2) is 0 Å². The molecule has 1 unspecified atom stereocenters. The van der Waals surface area contributed by atoms with Crippen LogP contribution in [0.5, 0.6) is 0 Å². The Bertz CT molecular complexity index is 1300. The topological polar surface area (TPSA) is 63.1 Å². The predicted octanol–water partition coefficient (Wildman–Crippen LogP) is 2.93. The van der Waals surface area contributed by atoms with Crippen molar-refractivity contribution >= 4 is 44.1 Å². The third-order valence-electron chi connectivity index (χ3n) is 5.41. The number of anilines is 1. The lowest BCUT2D eigenvalue weighted by Crippen LogP contribution is -2.48. The monoisotopic (exact) mass is 391 g/mol. The maximum Gasteiger partial charge on any atom is 0.412 e. The Morgan fingerprint density at radius 2 is 2.14 bits per heavy atom. The quantitative estimate of drug-likeness (QED) is 0.470. The number of morpholine rings is 1. The maximum absolute atomic E-state index is 5.67. The van der Waals surface area contributed by atoms with Crippen LogP contribution in [0.15, 0.2) is 48.8 Å². The van der Waals surface area contributed by atoms with Crippen molar-refractivity contribution in [3.63, 3.8) is 0 Å². The molecule has 7 nitrogen and oxygen atoms in total. The minimum atomic E-state index is 0.273. The molecule has 28 heavy (non-hydrogen) atoms. The van der Waals surface area contributed by atoms with Gasteiger partial charge in [-0.05, 0) is 25.1 Å². The van der Waals surface area contributed by atoms with Crippen LogP contribution in [0.25, 0.3) is 32.5 Å². The molecule has 1 aliphatic heterocycles. The van der Waals surface area contributed by atoms with Gasteiger partial charge in [-0.1, -0.05) is 17.1 Å². The molecule has 1 aliphatic rings. The summed E-state index contributed by atoms with van der Waals surface area (Å²) in [6, 6.07) is 12.9. The normalized spacial score (nSPS) is 17.9. The number of aromatic nitrogens is 5. The van der Waals surface area contributed by atoms with Crippen molar-refractivity contribution in [2.45, 2.75) is 13.0 Å². The Labute approximate surface area is 164 Å². The van der Waals surface area contributed by atoms with E-state index in [1.54, 1.807) is 17.7 Å². The lowest BCUT2D eigenvalue weighted by atomic mass is 10.2. The molecule has 5 aromatic rings. The van der Waals surface area contributed by atoms with Gasteiger partial charge in [-0.2, -0.15) is 5.10 Å². The largest absolute Gasteiger partial charge is 0.412 e.